The highest BCUT2D eigenvalue weighted by molar-refractivity contribution is 6.00. The number of piperazine rings is 1. The third kappa shape index (κ3) is 3.58. The van der Waals surface area contributed by atoms with Gasteiger partial charge in [0.25, 0.3) is 0 Å². The van der Waals surface area contributed by atoms with Crippen molar-refractivity contribution in [2.75, 3.05) is 32.8 Å². The maximum atomic E-state index is 12.6. The Kier molecular flexibility index (Phi) is 5.56. The average molecular weight is 276 g/mol. The van der Waals surface area contributed by atoms with Crippen molar-refractivity contribution in [3.63, 3.8) is 0 Å². The average Bonchev–Trinajstić information content (AvgIpc) is 2.50. The van der Waals surface area contributed by atoms with E-state index in [-0.39, 0.29) is 11.8 Å². The third-order valence-electron chi connectivity index (χ3n) is 3.73. The van der Waals surface area contributed by atoms with Gasteiger partial charge in [0.1, 0.15) is 5.75 Å². The van der Waals surface area contributed by atoms with Gasteiger partial charge in [-0.15, -0.1) is 0 Å². The summed E-state index contributed by atoms with van der Waals surface area (Å²) in [4.78, 5) is 14.9. The van der Waals surface area contributed by atoms with Gasteiger partial charge >= 0.3 is 0 Å². The quantitative estimate of drug-likeness (QED) is 0.806. The Labute approximate surface area is 121 Å². The van der Waals surface area contributed by atoms with E-state index in [1.165, 1.54) is 0 Å². The standard InChI is InChI=1S/C16H24N2O2/c1-3-15(18-11-9-17-10-12-18)16(19)13-5-7-14(8-6-13)20-4-2/h5-8,15,17H,3-4,9-12H2,1-2H3. The molecule has 0 radical (unpaired) electrons. The van der Waals surface area contributed by atoms with E-state index < -0.39 is 0 Å². The second-order valence-corrected chi connectivity index (χ2v) is 5.03. The molecule has 0 aromatic heterocycles. The van der Waals surface area contributed by atoms with Crippen molar-refractivity contribution in [2.45, 2.75) is 26.3 Å². The summed E-state index contributed by atoms with van der Waals surface area (Å²) in [5.74, 6) is 1.04. The molecule has 4 heteroatoms. The lowest BCUT2D eigenvalue weighted by molar-refractivity contribution is 0.0790. The molecule has 0 spiro atoms. The van der Waals surface area contributed by atoms with Crippen LogP contribution in [0.3, 0.4) is 0 Å². The molecule has 1 aromatic rings. The molecule has 1 saturated heterocycles. The summed E-state index contributed by atoms with van der Waals surface area (Å²) in [6, 6.07) is 7.49. The summed E-state index contributed by atoms with van der Waals surface area (Å²) in [5, 5.41) is 3.32. The number of nitrogens with zero attached hydrogens (tertiary/aromatic N) is 1. The van der Waals surface area contributed by atoms with Crippen LogP contribution in [0.15, 0.2) is 24.3 Å². The van der Waals surface area contributed by atoms with E-state index in [9.17, 15) is 4.79 Å². The maximum Gasteiger partial charge on any atom is 0.179 e. The molecule has 1 unspecified atom stereocenters. The Morgan fingerprint density at radius 2 is 1.90 bits per heavy atom. The topological polar surface area (TPSA) is 41.6 Å². The first-order valence-electron chi connectivity index (χ1n) is 7.48. The minimum atomic E-state index is -0.00459. The van der Waals surface area contributed by atoms with Gasteiger partial charge in [0.2, 0.25) is 0 Å². The van der Waals surface area contributed by atoms with E-state index in [1.54, 1.807) is 0 Å². The van der Waals surface area contributed by atoms with Crippen LogP contribution >= 0.6 is 0 Å². The molecule has 1 fully saturated rings. The Hall–Kier alpha value is -1.39. The van der Waals surface area contributed by atoms with Crippen LogP contribution in [0.5, 0.6) is 5.75 Å². The molecule has 2 rings (SSSR count). The van der Waals surface area contributed by atoms with E-state index in [0.29, 0.717) is 6.61 Å². The Balaban J connectivity index is 2.07. The first kappa shape index (κ1) is 15.0. The van der Waals surface area contributed by atoms with Gasteiger partial charge in [-0.25, -0.2) is 0 Å². The predicted molar refractivity (Wildman–Crippen MR) is 80.5 cm³/mol. The summed E-state index contributed by atoms with van der Waals surface area (Å²) in [6.07, 6.45) is 0.853. The smallest absolute Gasteiger partial charge is 0.179 e. The molecule has 4 nitrogen and oxygen atoms in total. The molecule has 1 aromatic carbocycles. The van der Waals surface area contributed by atoms with Crippen LogP contribution in [0, 0.1) is 0 Å². The Morgan fingerprint density at radius 3 is 2.45 bits per heavy atom. The van der Waals surface area contributed by atoms with Gasteiger partial charge in [0, 0.05) is 31.7 Å². The second kappa shape index (κ2) is 7.41. The fourth-order valence-corrected chi connectivity index (χ4v) is 2.68. The highest BCUT2D eigenvalue weighted by Crippen LogP contribution is 2.17. The van der Waals surface area contributed by atoms with E-state index in [1.807, 2.05) is 31.2 Å². The molecule has 110 valence electrons. The van der Waals surface area contributed by atoms with Crippen LogP contribution in [0.4, 0.5) is 0 Å². The molecule has 0 bridgehead atoms. The number of nitrogens with one attached hydrogen (secondary N) is 1. The van der Waals surface area contributed by atoms with Crippen LogP contribution in [-0.2, 0) is 0 Å². The van der Waals surface area contributed by atoms with Crippen LogP contribution in [0.1, 0.15) is 30.6 Å². The normalized spacial score (nSPS) is 17.7. The van der Waals surface area contributed by atoms with Crippen LogP contribution < -0.4 is 10.1 Å². The van der Waals surface area contributed by atoms with Crippen molar-refractivity contribution in [1.82, 2.24) is 10.2 Å². The number of rotatable bonds is 6. The molecule has 0 amide bonds. The first-order valence-corrected chi connectivity index (χ1v) is 7.48. The number of ketones is 1. The van der Waals surface area contributed by atoms with Gasteiger partial charge in [-0.2, -0.15) is 0 Å². The van der Waals surface area contributed by atoms with Gasteiger partial charge in [-0.3, -0.25) is 9.69 Å². The zero-order chi connectivity index (χ0) is 14.4. The van der Waals surface area contributed by atoms with E-state index >= 15 is 0 Å². The minimum Gasteiger partial charge on any atom is -0.494 e. The molecule has 0 aliphatic carbocycles. The SMILES string of the molecule is CCOc1ccc(C(=O)C(CC)N2CCNCC2)cc1. The fourth-order valence-electron chi connectivity index (χ4n) is 2.68. The van der Waals surface area contributed by atoms with Gasteiger partial charge in [-0.05, 0) is 37.6 Å². The van der Waals surface area contributed by atoms with Gasteiger partial charge in [-0.1, -0.05) is 6.92 Å². The fraction of sp³-hybridized carbons (Fsp3) is 0.562. The van der Waals surface area contributed by atoms with Gasteiger partial charge < -0.3 is 10.1 Å². The summed E-state index contributed by atoms with van der Waals surface area (Å²) in [6.45, 7) is 8.50. The molecule has 1 aliphatic rings. The molecule has 1 aliphatic heterocycles. The molecule has 0 saturated carbocycles. The van der Waals surface area contributed by atoms with Crippen molar-refractivity contribution in [2.24, 2.45) is 0 Å². The largest absolute Gasteiger partial charge is 0.494 e. The van der Waals surface area contributed by atoms with Crippen LogP contribution in [0.2, 0.25) is 0 Å². The van der Waals surface area contributed by atoms with Crippen molar-refractivity contribution < 1.29 is 9.53 Å². The highest BCUT2D eigenvalue weighted by Gasteiger charge is 2.26. The summed E-state index contributed by atoms with van der Waals surface area (Å²) in [7, 11) is 0. The summed E-state index contributed by atoms with van der Waals surface area (Å²) < 4.78 is 5.41. The summed E-state index contributed by atoms with van der Waals surface area (Å²) in [5.41, 5.74) is 0.777. The molecular weight excluding hydrogens is 252 g/mol. The number of hydrogen-bond donors (Lipinski definition) is 1. The minimum absolute atomic E-state index is 0.00459. The lowest BCUT2D eigenvalue weighted by Gasteiger charge is -2.33. The van der Waals surface area contributed by atoms with E-state index in [2.05, 4.69) is 17.1 Å². The maximum absolute atomic E-state index is 12.6. The van der Waals surface area contributed by atoms with Gasteiger partial charge in [0.15, 0.2) is 5.78 Å². The first-order chi connectivity index (χ1) is 9.76. The number of ether oxygens (including phenoxy) is 1. The molecule has 1 N–H and O–H groups in total. The Bertz CT molecular complexity index is 425. The zero-order valence-electron chi connectivity index (χ0n) is 12.4. The second-order valence-electron chi connectivity index (χ2n) is 5.03. The van der Waals surface area contributed by atoms with Crippen molar-refractivity contribution in [1.29, 1.82) is 0 Å². The van der Waals surface area contributed by atoms with Crippen LogP contribution in [-0.4, -0.2) is 49.5 Å². The lowest BCUT2D eigenvalue weighted by atomic mass is 10.00. The Morgan fingerprint density at radius 1 is 1.25 bits per heavy atom. The van der Waals surface area contributed by atoms with Gasteiger partial charge in [0.05, 0.1) is 12.6 Å². The number of carbonyl (C=O) groups excluding carboxylic acids is 1. The molecule has 1 heterocycles. The number of Topliss-reactive ketones (excluding diaryl/α,β-unsaturated/α-hetero) is 1. The molecule has 20 heavy (non-hydrogen) atoms. The lowest BCUT2D eigenvalue weighted by Crippen LogP contribution is -2.51. The van der Waals surface area contributed by atoms with Crippen molar-refractivity contribution in [3.05, 3.63) is 29.8 Å². The number of hydrogen-bond acceptors (Lipinski definition) is 4. The molecule has 1 atom stereocenters. The van der Waals surface area contributed by atoms with Crippen molar-refractivity contribution in [3.8, 4) is 5.75 Å². The molecular formula is C16H24N2O2. The predicted octanol–water partition coefficient (Wildman–Crippen LogP) is 1.95. The van der Waals surface area contributed by atoms with Crippen LogP contribution in [0.25, 0.3) is 0 Å². The number of carbonyl (C=O) groups is 1. The summed E-state index contributed by atoms with van der Waals surface area (Å²) >= 11 is 0. The number of benzene rings is 1. The zero-order valence-corrected chi connectivity index (χ0v) is 12.4. The van der Waals surface area contributed by atoms with Crippen molar-refractivity contribution >= 4 is 5.78 Å². The van der Waals surface area contributed by atoms with E-state index in [0.717, 1.165) is 43.9 Å². The third-order valence-corrected chi connectivity index (χ3v) is 3.73. The monoisotopic (exact) mass is 276 g/mol. The van der Waals surface area contributed by atoms with E-state index in [4.69, 9.17) is 4.74 Å². The highest BCUT2D eigenvalue weighted by atomic mass is 16.5.